The van der Waals surface area contributed by atoms with Crippen LogP contribution in [0.1, 0.15) is 26.3 Å². The predicted molar refractivity (Wildman–Crippen MR) is 82.5 cm³/mol. The smallest absolute Gasteiger partial charge is 0.171 e. The Hall–Kier alpha value is -2.01. The SMILES string of the molecule is CC(C)(C)c1cccc(-c2c(O)ccc([SH](=O)=O)c2O)c1. The summed E-state index contributed by atoms with van der Waals surface area (Å²) < 4.78 is 22.3. The fourth-order valence-corrected chi connectivity index (χ4v) is 2.62. The Morgan fingerprint density at radius 2 is 1.67 bits per heavy atom. The van der Waals surface area contributed by atoms with Gasteiger partial charge in [-0.25, -0.2) is 8.42 Å². The topological polar surface area (TPSA) is 74.6 Å². The van der Waals surface area contributed by atoms with Crippen molar-refractivity contribution in [1.29, 1.82) is 0 Å². The van der Waals surface area contributed by atoms with E-state index in [-0.39, 0.29) is 21.6 Å². The number of thiol groups is 1. The summed E-state index contributed by atoms with van der Waals surface area (Å²) in [6, 6.07) is 9.81. The van der Waals surface area contributed by atoms with Gasteiger partial charge in [-0.05, 0) is 28.7 Å². The molecule has 21 heavy (non-hydrogen) atoms. The maximum Gasteiger partial charge on any atom is 0.171 e. The second-order valence-corrected chi connectivity index (χ2v) is 6.91. The largest absolute Gasteiger partial charge is 0.507 e. The summed E-state index contributed by atoms with van der Waals surface area (Å²) in [5.41, 5.74) is 1.65. The Morgan fingerprint density at radius 3 is 2.24 bits per heavy atom. The lowest BCUT2D eigenvalue weighted by Crippen LogP contribution is -2.10. The van der Waals surface area contributed by atoms with Gasteiger partial charge in [0, 0.05) is 0 Å². The van der Waals surface area contributed by atoms with Crippen LogP contribution >= 0.6 is 0 Å². The second kappa shape index (κ2) is 5.41. The number of hydrogen-bond donors (Lipinski definition) is 3. The summed E-state index contributed by atoms with van der Waals surface area (Å²) >= 11 is 0. The lowest BCUT2D eigenvalue weighted by molar-refractivity contribution is 0.444. The molecule has 0 unspecified atom stereocenters. The molecule has 0 aliphatic heterocycles. The molecule has 4 nitrogen and oxygen atoms in total. The van der Waals surface area contributed by atoms with Crippen LogP contribution in [0, 0.1) is 0 Å². The van der Waals surface area contributed by atoms with E-state index < -0.39 is 16.5 Å². The molecule has 2 rings (SSSR count). The van der Waals surface area contributed by atoms with Gasteiger partial charge >= 0.3 is 0 Å². The molecule has 2 aromatic carbocycles. The summed E-state index contributed by atoms with van der Waals surface area (Å²) in [4.78, 5) is -0.195. The highest BCUT2D eigenvalue weighted by Gasteiger charge is 2.19. The van der Waals surface area contributed by atoms with E-state index in [1.54, 1.807) is 6.07 Å². The van der Waals surface area contributed by atoms with E-state index in [2.05, 4.69) is 20.8 Å². The Balaban J connectivity index is 2.70. The molecule has 0 radical (unpaired) electrons. The van der Waals surface area contributed by atoms with Crippen molar-refractivity contribution < 1.29 is 18.6 Å². The van der Waals surface area contributed by atoms with Crippen LogP contribution in [0.15, 0.2) is 41.3 Å². The lowest BCUT2D eigenvalue weighted by atomic mass is 9.85. The van der Waals surface area contributed by atoms with E-state index in [1.165, 1.54) is 12.1 Å². The first-order valence-corrected chi connectivity index (χ1v) is 7.70. The Kier molecular flexibility index (Phi) is 3.96. The summed E-state index contributed by atoms with van der Waals surface area (Å²) in [7, 11) is -2.93. The van der Waals surface area contributed by atoms with E-state index in [1.807, 2.05) is 18.2 Å². The van der Waals surface area contributed by atoms with Crippen LogP contribution in [0.2, 0.25) is 0 Å². The van der Waals surface area contributed by atoms with Crippen LogP contribution in [0.3, 0.4) is 0 Å². The molecule has 0 heterocycles. The molecule has 0 spiro atoms. The fourth-order valence-electron chi connectivity index (χ4n) is 2.14. The van der Waals surface area contributed by atoms with Crippen LogP contribution in [0.5, 0.6) is 11.5 Å². The Morgan fingerprint density at radius 1 is 1.00 bits per heavy atom. The lowest BCUT2D eigenvalue weighted by Gasteiger charge is -2.20. The third-order valence-corrected chi connectivity index (χ3v) is 4.10. The van der Waals surface area contributed by atoms with E-state index in [4.69, 9.17) is 0 Å². The van der Waals surface area contributed by atoms with Crippen molar-refractivity contribution in [3.05, 3.63) is 42.0 Å². The molecule has 0 atom stereocenters. The molecule has 0 amide bonds. The second-order valence-electron chi connectivity index (χ2n) is 5.92. The van der Waals surface area contributed by atoms with Gasteiger partial charge in [-0.2, -0.15) is 0 Å². The van der Waals surface area contributed by atoms with Crippen molar-refractivity contribution in [3.63, 3.8) is 0 Å². The summed E-state index contributed by atoms with van der Waals surface area (Å²) in [5, 5.41) is 20.1. The monoisotopic (exact) mass is 306 g/mol. The number of phenols is 2. The fraction of sp³-hybridized carbons (Fsp3) is 0.250. The number of benzene rings is 2. The Labute approximate surface area is 125 Å². The van der Waals surface area contributed by atoms with Crippen LogP contribution in [-0.4, -0.2) is 18.6 Å². The number of rotatable bonds is 2. The normalized spacial score (nSPS) is 11.8. The first kappa shape index (κ1) is 15.4. The average Bonchev–Trinajstić information content (AvgIpc) is 2.37. The van der Waals surface area contributed by atoms with Gasteiger partial charge in [0.25, 0.3) is 0 Å². The molecule has 0 saturated carbocycles. The zero-order chi connectivity index (χ0) is 15.8. The van der Waals surface area contributed by atoms with Crippen LogP contribution in [-0.2, 0) is 16.1 Å². The third kappa shape index (κ3) is 3.03. The highest BCUT2D eigenvalue weighted by Crippen LogP contribution is 2.41. The molecule has 0 saturated heterocycles. The summed E-state index contributed by atoms with van der Waals surface area (Å²) in [6.07, 6.45) is 0. The van der Waals surface area contributed by atoms with Crippen LogP contribution < -0.4 is 0 Å². The van der Waals surface area contributed by atoms with Crippen molar-refractivity contribution in [3.8, 4) is 22.6 Å². The van der Waals surface area contributed by atoms with Crippen molar-refractivity contribution >= 4 is 10.7 Å². The van der Waals surface area contributed by atoms with E-state index in [0.717, 1.165) is 5.56 Å². The zero-order valence-electron chi connectivity index (χ0n) is 12.1. The van der Waals surface area contributed by atoms with Gasteiger partial charge in [0.05, 0.1) is 5.56 Å². The first-order chi connectivity index (χ1) is 9.71. The van der Waals surface area contributed by atoms with Gasteiger partial charge in [-0.3, -0.25) is 0 Å². The number of hydrogen-bond acceptors (Lipinski definition) is 4. The van der Waals surface area contributed by atoms with Gasteiger partial charge in [0.2, 0.25) is 0 Å². The third-order valence-electron chi connectivity index (χ3n) is 3.35. The number of aromatic hydroxyl groups is 2. The summed E-state index contributed by atoms with van der Waals surface area (Å²) in [6.45, 7) is 6.16. The minimum atomic E-state index is -2.93. The van der Waals surface area contributed by atoms with E-state index >= 15 is 0 Å². The van der Waals surface area contributed by atoms with Crippen molar-refractivity contribution in [2.45, 2.75) is 31.1 Å². The highest BCUT2D eigenvalue weighted by atomic mass is 32.2. The molecule has 2 aromatic rings. The van der Waals surface area contributed by atoms with Crippen molar-refractivity contribution in [2.24, 2.45) is 0 Å². The first-order valence-electron chi connectivity index (χ1n) is 6.52. The van der Waals surface area contributed by atoms with Crippen LogP contribution in [0.4, 0.5) is 0 Å². The number of phenolic OH excluding ortho intramolecular Hbond substituents is 2. The Bertz CT molecular complexity index is 747. The van der Waals surface area contributed by atoms with Gasteiger partial charge in [-0.15, -0.1) is 0 Å². The van der Waals surface area contributed by atoms with E-state index in [0.29, 0.717) is 5.56 Å². The molecule has 0 fully saturated rings. The van der Waals surface area contributed by atoms with Gasteiger partial charge < -0.3 is 10.2 Å². The maximum atomic E-state index is 11.1. The zero-order valence-corrected chi connectivity index (χ0v) is 13.0. The summed E-state index contributed by atoms with van der Waals surface area (Å²) in [5.74, 6) is -0.573. The van der Waals surface area contributed by atoms with Crippen molar-refractivity contribution in [1.82, 2.24) is 0 Å². The minimum absolute atomic E-state index is 0.0947. The molecule has 0 bridgehead atoms. The molecular formula is C16H18O4S. The predicted octanol–water partition coefficient (Wildman–Crippen LogP) is 3.03. The molecule has 0 aliphatic carbocycles. The van der Waals surface area contributed by atoms with Gasteiger partial charge in [-0.1, -0.05) is 45.0 Å². The van der Waals surface area contributed by atoms with Gasteiger partial charge in [0.1, 0.15) is 16.4 Å². The molecule has 112 valence electrons. The molecule has 2 N–H and O–H groups in total. The molecular weight excluding hydrogens is 288 g/mol. The molecule has 0 aromatic heterocycles. The van der Waals surface area contributed by atoms with Gasteiger partial charge in [0.15, 0.2) is 10.7 Å². The standard InChI is InChI=1S/C16H18O4S/c1-16(2,3)11-6-4-5-10(9-11)14-12(17)7-8-13(15(14)18)21(19)20/h4-9,17-18,21H,1-3H3. The minimum Gasteiger partial charge on any atom is -0.507 e. The molecule has 0 aliphatic rings. The van der Waals surface area contributed by atoms with Crippen LogP contribution in [0.25, 0.3) is 11.1 Å². The maximum absolute atomic E-state index is 11.1. The highest BCUT2D eigenvalue weighted by molar-refractivity contribution is 7.72. The average molecular weight is 306 g/mol. The molecule has 5 heteroatoms. The quantitative estimate of drug-likeness (QED) is 0.746. The van der Waals surface area contributed by atoms with Crippen molar-refractivity contribution in [2.75, 3.05) is 0 Å². The van der Waals surface area contributed by atoms with E-state index in [9.17, 15) is 18.6 Å².